The van der Waals surface area contributed by atoms with Crippen LogP contribution in [0.2, 0.25) is 0 Å². The van der Waals surface area contributed by atoms with E-state index in [2.05, 4.69) is 64.3 Å². The van der Waals surface area contributed by atoms with Crippen molar-refractivity contribution in [1.82, 2.24) is 0 Å². The first-order valence-electron chi connectivity index (χ1n) is 4.17. The highest BCUT2D eigenvalue weighted by Crippen LogP contribution is 2.20. The molecular weight excluding hydrogens is 273 g/mol. The minimum atomic E-state index is 1.16. The Morgan fingerprint density at radius 1 is 1.00 bits per heavy atom. The van der Waals surface area contributed by atoms with E-state index in [1.54, 1.807) is 0 Å². The summed E-state index contributed by atoms with van der Waals surface area (Å²) in [7, 11) is 1.94. The van der Waals surface area contributed by atoms with Crippen molar-refractivity contribution in [1.29, 1.82) is 0 Å². The zero-order chi connectivity index (χ0) is 9.26. The Bertz CT molecular complexity index is 437. The maximum Gasteiger partial charge on any atom is 0.0343 e. The van der Waals surface area contributed by atoms with Gasteiger partial charge in [-0.25, -0.2) is 0 Å². The fourth-order valence-corrected chi connectivity index (χ4v) is 1.89. The Hall–Kier alpha value is -0.770. The number of hydrogen-bond donors (Lipinski definition) is 1. The highest BCUT2D eigenvalue weighted by Gasteiger charge is 1.95. The van der Waals surface area contributed by atoms with Crippen molar-refractivity contribution in [2.45, 2.75) is 0 Å². The van der Waals surface area contributed by atoms with Gasteiger partial charge >= 0.3 is 0 Å². The van der Waals surface area contributed by atoms with Crippen LogP contribution >= 0.6 is 22.6 Å². The molecule has 0 saturated heterocycles. The van der Waals surface area contributed by atoms with Gasteiger partial charge in [-0.15, -0.1) is 0 Å². The summed E-state index contributed by atoms with van der Waals surface area (Å²) < 4.78 is 1.28. The van der Waals surface area contributed by atoms with Gasteiger partial charge in [-0.05, 0) is 57.6 Å². The predicted molar refractivity (Wildman–Crippen MR) is 66.2 cm³/mol. The minimum Gasteiger partial charge on any atom is -0.388 e. The lowest BCUT2D eigenvalue weighted by Crippen LogP contribution is -1.86. The van der Waals surface area contributed by atoms with Crippen molar-refractivity contribution in [3.63, 3.8) is 0 Å². The molecule has 2 heteroatoms. The zero-order valence-corrected chi connectivity index (χ0v) is 9.50. The second-order valence-corrected chi connectivity index (χ2v) is 4.20. The summed E-state index contributed by atoms with van der Waals surface area (Å²) >= 11 is 2.33. The van der Waals surface area contributed by atoms with Gasteiger partial charge in [-0.1, -0.05) is 12.1 Å². The SMILES string of the molecule is CNc1ccc2ccc(I)cc2c1. The van der Waals surface area contributed by atoms with Gasteiger partial charge in [0, 0.05) is 16.3 Å². The first kappa shape index (κ1) is 8.81. The molecule has 2 aromatic carbocycles. The fraction of sp³-hybridized carbons (Fsp3) is 0.0909. The lowest BCUT2D eigenvalue weighted by molar-refractivity contribution is 1.53. The third-order valence-corrected chi connectivity index (χ3v) is 2.76. The molecule has 0 spiro atoms. The average Bonchev–Trinajstić information content (AvgIpc) is 2.16. The van der Waals surface area contributed by atoms with Crippen LogP contribution in [0.5, 0.6) is 0 Å². The van der Waals surface area contributed by atoms with Crippen LogP contribution in [0, 0.1) is 3.57 Å². The lowest BCUT2D eigenvalue weighted by atomic mass is 10.1. The second kappa shape index (κ2) is 3.54. The summed E-state index contributed by atoms with van der Waals surface area (Å²) in [6, 6.07) is 12.9. The van der Waals surface area contributed by atoms with Gasteiger partial charge in [-0.3, -0.25) is 0 Å². The number of hydrogen-bond acceptors (Lipinski definition) is 1. The predicted octanol–water partition coefficient (Wildman–Crippen LogP) is 3.49. The van der Waals surface area contributed by atoms with Crippen molar-refractivity contribution in [3.05, 3.63) is 40.0 Å². The van der Waals surface area contributed by atoms with E-state index in [4.69, 9.17) is 0 Å². The molecule has 0 atom stereocenters. The molecule has 66 valence electrons. The molecule has 0 saturated carbocycles. The normalized spacial score (nSPS) is 10.3. The highest BCUT2D eigenvalue weighted by atomic mass is 127. The Labute approximate surface area is 91.3 Å². The number of fused-ring (bicyclic) bond motifs is 1. The first-order valence-corrected chi connectivity index (χ1v) is 5.24. The number of anilines is 1. The van der Waals surface area contributed by atoms with E-state index in [9.17, 15) is 0 Å². The van der Waals surface area contributed by atoms with Gasteiger partial charge in [-0.2, -0.15) is 0 Å². The standard InChI is InChI=1S/C11H10IN/c1-13-11-5-3-8-2-4-10(12)6-9(8)7-11/h2-7,13H,1H3. The van der Waals surface area contributed by atoms with Gasteiger partial charge in [0.25, 0.3) is 0 Å². The molecule has 0 fully saturated rings. The van der Waals surface area contributed by atoms with Crippen LogP contribution in [0.15, 0.2) is 36.4 Å². The van der Waals surface area contributed by atoms with Gasteiger partial charge in [0.15, 0.2) is 0 Å². The topological polar surface area (TPSA) is 12.0 Å². The molecule has 0 amide bonds. The summed E-state index contributed by atoms with van der Waals surface area (Å²) in [5, 5.41) is 5.72. The molecule has 0 aliphatic heterocycles. The Morgan fingerprint density at radius 3 is 2.54 bits per heavy atom. The van der Waals surface area contributed by atoms with E-state index in [1.165, 1.54) is 14.3 Å². The number of rotatable bonds is 1. The van der Waals surface area contributed by atoms with Gasteiger partial charge in [0.2, 0.25) is 0 Å². The quantitative estimate of drug-likeness (QED) is 0.790. The molecule has 2 aromatic rings. The molecule has 0 aromatic heterocycles. The zero-order valence-electron chi connectivity index (χ0n) is 7.34. The van der Waals surface area contributed by atoms with Crippen LogP contribution < -0.4 is 5.32 Å². The van der Waals surface area contributed by atoms with E-state index in [0.717, 1.165) is 5.69 Å². The van der Waals surface area contributed by atoms with Gasteiger partial charge < -0.3 is 5.32 Å². The summed E-state index contributed by atoms with van der Waals surface area (Å²) in [5.41, 5.74) is 1.16. The van der Waals surface area contributed by atoms with Crippen LogP contribution in [0.3, 0.4) is 0 Å². The van der Waals surface area contributed by atoms with Crippen LogP contribution in [-0.4, -0.2) is 7.05 Å². The molecule has 0 radical (unpaired) electrons. The fourth-order valence-electron chi connectivity index (χ4n) is 1.37. The smallest absolute Gasteiger partial charge is 0.0343 e. The number of halogens is 1. The summed E-state index contributed by atoms with van der Waals surface area (Å²) in [6.07, 6.45) is 0. The van der Waals surface area contributed by atoms with Crippen LogP contribution in [0.4, 0.5) is 5.69 Å². The molecule has 0 aliphatic carbocycles. The van der Waals surface area contributed by atoms with Crippen molar-refractivity contribution in [2.24, 2.45) is 0 Å². The monoisotopic (exact) mass is 283 g/mol. The van der Waals surface area contributed by atoms with Crippen LogP contribution in [0.1, 0.15) is 0 Å². The molecule has 13 heavy (non-hydrogen) atoms. The maximum absolute atomic E-state index is 3.14. The molecule has 1 N–H and O–H groups in total. The molecule has 0 aliphatic rings. The summed E-state index contributed by atoms with van der Waals surface area (Å²) in [6.45, 7) is 0. The molecule has 0 unspecified atom stereocenters. The van der Waals surface area contributed by atoms with E-state index in [-0.39, 0.29) is 0 Å². The van der Waals surface area contributed by atoms with Crippen LogP contribution in [-0.2, 0) is 0 Å². The summed E-state index contributed by atoms with van der Waals surface area (Å²) in [5.74, 6) is 0. The van der Waals surface area contributed by atoms with Crippen LogP contribution in [0.25, 0.3) is 10.8 Å². The van der Waals surface area contributed by atoms with E-state index in [0.29, 0.717) is 0 Å². The van der Waals surface area contributed by atoms with Crippen molar-refractivity contribution >= 4 is 39.1 Å². The lowest BCUT2D eigenvalue weighted by Gasteiger charge is -2.02. The largest absolute Gasteiger partial charge is 0.388 e. The van der Waals surface area contributed by atoms with Gasteiger partial charge in [0.1, 0.15) is 0 Å². The van der Waals surface area contributed by atoms with E-state index < -0.39 is 0 Å². The Balaban J connectivity index is 2.68. The number of nitrogens with one attached hydrogen (secondary N) is 1. The third-order valence-electron chi connectivity index (χ3n) is 2.09. The maximum atomic E-state index is 3.14. The molecular formula is C11H10IN. The Kier molecular flexibility index (Phi) is 2.40. The van der Waals surface area contributed by atoms with E-state index >= 15 is 0 Å². The minimum absolute atomic E-state index is 1.16. The molecule has 2 rings (SSSR count). The van der Waals surface area contributed by atoms with Crippen molar-refractivity contribution in [3.8, 4) is 0 Å². The van der Waals surface area contributed by atoms with E-state index in [1.807, 2.05) is 7.05 Å². The Morgan fingerprint density at radius 2 is 1.77 bits per heavy atom. The molecule has 0 bridgehead atoms. The van der Waals surface area contributed by atoms with Crippen molar-refractivity contribution < 1.29 is 0 Å². The molecule has 1 nitrogen and oxygen atoms in total. The number of benzene rings is 2. The average molecular weight is 283 g/mol. The second-order valence-electron chi connectivity index (χ2n) is 2.96. The van der Waals surface area contributed by atoms with Gasteiger partial charge in [0.05, 0.1) is 0 Å². The first-order chi connectivity index (χ1) is 6.29. The summed E-state index contributed by atoms with van der Waals surface area (Å²) in [4.78, 5) is 0. The molecule has 0 heterocycles. The third kappa shape index (κ3) is 1.77. The van der Waals surface area contributed by atoms with Crippen molar-refractivity contribution in [2.75, 3.05) is 12.4 Å². The highest BCUT2D eigenvalue weighted by molar-refractivity contribution is 14.1.